The average molecular weight is 253 g/mol. The zero-order valence-corrected chi connectivity index (χ0v) is 12.5. The molecule has 0 aromatic carbocycles. The number of likely N-dealkylation sites (N-methyl/N-ethyl adjacent to an activating group) is 1. The highest BCUT2D eigenvalue weighted by atomic mass is 15.3. The lowest BCUT2D eigenvalue weighted by atomic mass is 9.88. The van der Waals surface area contributed by atoms with E-state index in [4.69, 9.17) is 5.73 Å². The summed E-state index contributed by atoms with van der Waals surface area (Å²) in [4.78, 5) is 5.32. The highest BCUT2D eigenvalue weighted by molar-refractivity contribution is 4.91. The van der Waals surface area contributed by atoms with Crippen LogP contribution in [-0.4, -0.2) is 55.1 Å². The molecule has 18 heavy (non-hydrogen) atoms. The lowest BCUT2D eigenvalue weighted by Crippen LogP contribution is -2.37. The van der Waals surface area contributed by atoms with Crippen LogP contribution >= 0.6 is 0 Å². The van der Waals surface area contributed by atoms with Crippen molar-refractivity contribution in [3.63, 3.8) is 0 Å². The Morgan fingerprint density at radius 2 is 1.89 bits per heavy atom. The SMILES string of the molecule is CN1C2CCC1CN(CCCC(C)(C)CN)CC2. The van der Waals surface area contributed by atoms with Gasteiger partial charge in [0.25, 0.3) is 0 Å². The van der Waals surface area contributed by atoms with Gasteiger partial charge in [0.05, 0.1) is 0 Å². The van der Waals surface area contributed by atoms with Gasteiger partial charge in [0.15, 0.2) is 0 Å². The van der Waals surface area contributed by atoms with Gasteiger partial charge < -0.3 is 10.6 Å². The van der Waals surface area contributed by atoms with Gasteiger partial charge in [-0.1, -0.05) is 13.8 Å². The predicted molar refractivity (Wildman–Crippen MR) is 77.7 cm³/mol. The molecular formula is C15H31N3. The van der Waals surface area contributed by atoms with Gasteiger partial charge in [0.2, 0.25) is 0 Å². The third-order valence-corrected chi connectivity index (χ3v) is 5.11. The normalized spacial score (nSPS) is 30.7. The van der Waals surface area contributed by atoms with Crippen LogP contribution in [0.1, 0.15) is 46.0 Å². The monoisotopic (exact) mass is 253 g/mol. The first-order chi connectivity index (χ1) is 8.52. The van der Waals surface area contributed by atoms with Crippen molar-refractivity contribution in [2.75, 3.05) is 33.2 Å². The van der Waals surface area contributed by atoms with Crippen LogP contribution in [0.25, 0.3) is 0 Å². The number of hydrogen-bond donors (Lipinski definition) is 1. The highest BCUT2D eigenvalue weighted by Gasteiger charge is 2.34. The van der Waals surface area contributed by atoms with Crippen LogP contribution in [0.3, 0.4) is 0 Å². The van der Waals surface area contributed by atoms with Crippen LogP contribution in [0, 0.1) is 5.41 Å². The van der Waals surface area contributed by atoms with E-state index in [0.29, 0.717) is 5.41 Å². The molecule has 0 aliphatic carbocycles. The quantitative estimate of drug-likeness (QED) is 0.812. The maximum absolute atomic E-state index is 5.80. The molecule has 0 radical (unpaired) electrons. The number of hydrogen-bond acceptors (Lipinski definition) is 3. The van der Waals surface area contributed by atoms with Gasteiger partial charge in [-0.25, -0.2) is 0 Å². The van der Waals surface area contributed by atoms with E-state index in [9.17, 15) is 0 Å². The minimum atomic E-state index is 0.321. The molecule has 2 aliphatic rings. The van der Waals surface area contributed by atoms with Gasteiger partial charge >= 0.3 is 0 Å². The Morgan fingerprint density at radius 1 is 1.17 bits per heavy atom. The number of nitrogens with two attached hydrogens (primary N) is 1. The first-order valence-corrected chi connectivity index (χ1v) is 7.66. The standard InChI is InChI=1S/C15H31N3/c1-15(2,12-16)8-4-9-18-10-7-13-5-6-14(11-18)17(13)3/h13-14H,4-12,16H2,1-3H3. The topological polar surface area (TPSA) is 32.5 Å². The molecule has 2 fully saturated rings. The molecule has 0 aromatic rings. The third-order valence-electron chi connectivity index (χ3n) is 5.11. The molecule has 0 saturated carbocycles. The fraction of sp³-hybridized carbons (Fsp3) is 1.00. The molecular weight excluding hydrogens is 222 g/mol. The van der Waals surface area contributed by atoms with Gasteiger partial charge in [-0.15, -0.1) is 0 Å². The Bertz CT molecular complexity index is 264. The summed E-state index contributed by atoms with van der Waals surface area (Å²) in [5.74, 6) is 0. The molecule has 3 nitrogen and oxygen atoms in total. The van der Waals surface area contributed by atoms with Crippen LogP contribution in [-0.2, 0) is 0 Å². The van der Waals surface area contributed by atoms with Crippen molar-refractivity contribution in [2.45, 2.75) is 58.0 Å². The van der Waals surface area contributed by atoms with Crippen molar-refractivity contribution < 1.29 is 0 Å². The van der Waals surface area contributed by atoms with Crippen molar-refractivity contribution in [1.29, 1.82) is 0 Å². The molecule has 2 atom stereocenters. The first-order valence-electron chi connectivity index (χ1n) is 7.66. The van der Waals surface area contributed by atoms with Gasteiger partial charge in [-0.2, -0.15) is 0 Å². The van der Waals surface area contributed by atoms with E-state index in [1.54, 1.807) is 0 Å². The zero-order valence-electron chi connectivity index (χ0n) is 12.5. The Morgan fingerprint density at radius 3 is 2.61 bits per heavy atom. The molecule has 2 bridgehead atoms. The summed E-state index contributed by atoms with van der Waals surface area (Å²) in [5, 5.41) is 0. The largest absolute Gasteiger partial charge is 0.330 e. The highest BCUT2D eigenvalue weighted by Crippen LogP contribution is 2.29. The third kappa shape index (κ3) is 3.46. The van der Waals surface area contributed by atoms with E-state index < -0.39 is 0 Å². The molecule has 2 heterocycles. The lowest BCUT2D eigenvalue weighted by molar-refractivity contribution is 0.208. The molecule has 2 aliphatic heterocycles. The summed E-state index contributed by atoms with van der Waals surface area (Å²) in [6.07, 6.45) is 6.75. The van der Waals surface area contributed by atoms with E-state index in [0.717, 1.165) is 18.6 Å². The molecule has 0 spiro atoms. The summed E-state index contributed by atoms with van der Waals surface area (Å²) in [6.45, 7) is 9.22. The van der Waals surface area contributed by atoms with E-state index in [1.165, 1.54) is 51.7 Å². The molecule has 0 aromatic heterocycles. The Labute approximate surface area is 113 Å². The minimum Gasteiger partial charge on any atom is -0.330 e. The maximum atomic E-state index is 5.80. The smallest absolute Gasteiger partial charge is 0.0223 e. The van der Waals surface area contributed by atoms with Gasteiger partial charge in [-0.05, 0) is 64.2 Å². The second-order valence-corrected chi connectivity index (χ2v) is 7.11. The summed E-state index contributed by atoms with van der Waals surface area (Å²) in [6, 6.07) is 1.68. The first kappa shape index (κ1) is 14.3. The van der Waals surface area contributed by atoms with Crippen LogP contribution in [0.4, 0.5) is 0 Å². The summed E-state index contributed by atoms with van der Waals surface area (Å²) in [7, 11) is 2.32. The fourth-order valence-electron chi connectivity index (χ4n) is 3.47. The van der Waals surface area contributed by atoms with Crippen molar-refractivity contribution in [2.24, 2.45) is 11.1 Å². The molecule has 106 valence electrons. The molecule has 2 N–H and O–H groups in total. The molecule has 0 amide bonds. The molecule has 3 heteroatoms. The van der Waals surface area contributed by atoms with Crippen LogP contribution in [0.2, 0.25) is 0 Å². The van der Waals surface area contributed by atoms with E-state index in [2.05, 4.69) is 30.7 Å². The molecule has 2 rings (SSSR count). The van der Waals surface area contributed by atoms with E-state index >= 15 is 0 Å². The van der Waals surface area contributed by atoms with Gasteiger partial charge in [0.1, 0.15) is 0 Å². The van der Waals surface area contributed by atoms with Crippen LogP contribution in [0.15, 0.2) is 0 Å². The van der Waals surface area contributed by atoms with Crippen molar-refractivity contribution in [3.05, 3.63) is 0 Å². The molecule has 2 unspecified atom stereocenters. The van der Waals surface area contributed by atoms with E-state index in [-0.39, 0.29) is 0 Å². The second kappa shape index (κ2) is 5.89. The summed E-state index contributed by atoms with van der Waals surface area (Å²) in [5.41, 5.74) is 6.12. The van der Waals surface area contributed by atoms with Crippen LogP contribution < -0.4 is 5.73 Å². The Balaban J connectivity index is 1.74. The summed E-state index contributed by atoms with van der Waals surface area (Å²) < 4.78 is 0. The second-order valence-electron chi connectivity index (χ2n) is 7.11. The van der Waals surface area contributed by atoms with Crippen molar-refractivity contribution in [3.8, 4) is 0 Å². The number of fused-ring (bicyclic) bond motifs is 2. The van der Waals surface area contributed by atoms with Gasteiger partial charge in [0, 0.05) is 18.6 Å². The van der Waals surface area contributed by atoms with E-state index in [1.807, 2.05) is 0 Å². The van der Waals surface area contributed by atoms with Crippen molar-refractivity contribution >= 4 is 0 Å². The molecule has 2 saturated heterocycles. The number of nitrogens with zero attached hydrogens (tertiary/aromatic N) is 2. The Hall–Kier alpha value is -0.120. The van der Waals surface area contributed by atoms with Gasteiger partial charge in [-0.3, -0.25) is 4.90 Å². The summed E-state index contributed by atoms with van der Waals surface area (Å²) >= 11 is 0. The predicted octanol–water partition coefficient (Wildman–Crippen LogP) is 1.92. The lowest BCUT2D eigenvalue weighted by Gasteiger charge is -2.28. The average Bonchev–Trinajstić information content (AvgIpc) is 2.56. The van der Waals surface area contributed by atoms with Crippen LogP contribution in [0.5, 0.6) is 0 Å². The fourth-order valence-corrected chi connectivity index (χ4v) is 3.47. The number of rotatable bonds is 5. The number of likely N-dealkylation sites (tertiary alicyclic amines) is 1. The van der Waals surface area contributed by atoms with Crippen molar-refractivity contribution in [1.82, 2.24) is 9.80 Å². The minimum absolute atomic E-state index is 0.321. The zero-order chi connectivity index (χ0) is 13.2. The Kier molecular flexibility index (Phi) is 4.68. The maximum Gasteiger partial charge on any atom is 0.0223 e.